The largest absolute Gasteiger partial charge is 0.507 e. The highest BCUT2D eigenvalue weighted by molar-refractivity contribution is 5.83. The summed E-state index contributed by atoms with van der Waals surface area (Å²) in [5.74, 6) is 0.240. The van der Waals surface area contributed by atoms with Gasteiger partial charge >= 0.3 is 0 Å². The van der Waals surface area contributed by atoms with Crippen LogP contribution in [-0.2, 0) is 5.60 Å². The molecule has 0 radical (unpaired) electrons. The molecule has 0 aromatic heterocycles. The van der Waals surface area contributed by atoms with Gasteiger partial charge < -0.3 is 10.2 Å². The summed E-state index contributed by atoms with van der Waals surface area (Å²) in [6.45, 7) is 4.09. The van der Waals surface area contributed by atoms with E-state index < -0.39 is 11.6 Å². The normalized spacial score (nSPS) is 13.2. The molecule has 0 bridgehead atoms. The molecule has 1 atom stereocenters. The molecule has 2 N–H and O–H groups in total. The van der Waals surface area contributed by atoms with E-state index in [2.05, 4.69) is 0 Å². The maximum Gasteiger partial charge on any atom is 0.137 e. The van der Waals surface area contributed by atoms with Crippen molar-refractivity contribution in [1.82, 2.24) is 0 Å². The molecule has 3 aromatic rings. The van der Waals surface area contributed by atoms with E-state index in [-0.39, 0.29) is 11.7 Å². The number of rotatable bonds is 6. The highest BCUT2D eigenvalue weighted by atomic mass is 16.3. The standard InChI is InChI=1S/C24H25NO2/c1-18(2)23(25-17-19-11-9-10-16-22(19)26)24(27,20-12-5-3-6-13-20)21-14-7-4-8-15-21/h3-18,23,26-27H,1-2H3/t23-/m0/s1. The predicted octanol–water partition coefficient (Wildman–Crippen LogP) is 4.77. The minimum atomic E-state index is -1.28. The SMILES string of the molecule is CC(C)[C@H](N=Cc1ccccc1O)C(O)(c1ccccc1)c1ccccc1. The molecule has 0 unspecified atom stereocenters. The number of aliphatic hydroxyl groups is 1. The van der Waals surface area contributed by atoms with Crippen molar-refractivity contribution in [2.75, 3.05) is 0 Å². The van der Waals surface area contributed by atoms with Crippen molar-refractivity contribution < 1.29 is 10.2 Å². The van der Waals surface area contributed by atoms with Crippen molar-refractivity contribution in [1.29, 1.82) is 0 Å². The Kier molecular flexibility index (Phi) is 5.72. The Morgan fingerprint density at radius 2 is 1.26 bits per heavy atom. The summed E-state index contributed by atoms with van der Waals surface area (Å²) in [6, 6.07) is 25.9. The van der Waals surface area contributed by atoms with E-state index in [1.165, 1.54) is 0 Å². The smallest absolute Gasteiger partial charge is 0.137 e. The fourth-order valence-electron chi connectivity index (χ4n) is 3.41. The number of phenolic OH excluding ortho intramolecular Hbond substituents is 1. The van der Waals surface area contributed by atoms with Crippen molar-refractivity contribution in [3.63, 3.8) is 0 Å². The maximum absolute atomic E-state index is 12.0. The first-order valence-electron chi connectivity index (χ1n) is 9.18. The molecular weight excluding hydrogens is 334 g/mol. The molecule has 3 aromatic carbocycles. The van der Waals surface area contributed by atoms with Crippen LogP contribution < -0.4 is 0 Å². The lowest BCUT2D eigenvalue weighted by Crippen LogP contribution is -2.42. The summed E-state index contributed by atoms with van der Waals surface area (Å²) in [5, 5.41) is 22.0. The van der Waals surface area contributed by atoms with E-state index >= 15 is 0 Å². The second-order valence-corrected chi connectivity index (χ2v) is 7.02. The van der Waals surface area contributed by atoms with Crippen molar-refractivity contribution in [2.45, 2.75) is 25.5 Å². The fourth-order valence-corrected chi connectivity index (χ4v) is 3.41. The zero-order chi connectivity index (χ0) is 19.3. The number of nitrogens with zero attached hydrogens (tertiary/aromatic N) is 1. The Balaban J connectivity index is 2.12. The molecule has 0 aliphatic heterocycles. The van der Waals surface area contributed by atoms with Crippen LogP contribution in [0.3, 0.4) is 0 Å². The fraction of sp³-hybridized carbons (Fsp3) is 0.208. The van der Waals surface area contributed by atoms with Gasteiger partial charge in [0, 0.05) is 11.8 Å². The highest BCUT2D eigenvalue weighted by Crippen LogP contribution is 2.38. The summed E-state index contributed by atoms with van der Waals surface area (Å²) >= 11 is 0. The monoisotopic (exact) mass is 359 g/mol. The van der Waals surface area contributed by atoms with Gasteiger partial charge in [-0.05, 0) is 29.2 Å². The molecule has 0 spiro atoms. The van der Waals surface area contributed by atoms with Crippen LogP contribution in [0, 0.1) is 5.92 Å². The van der Waals surface area contributed by atoms with Gasteiger partial charge in [0.15, 0.2) is 0 Å². The molecule has 0 aliphatic carbocycles. The molecule has 0 heterocycles. The average molecular weight is 359 g/mol. The second-order valence-electron chi connectivity index (χ2n) is 7.02. The van der Waals surface area contributed by atoms with Gasteiger partial charge in [-0.3, -0.25) is 4.99 Å². The van der Waals surface area contributed by atoms with Gasteiger partial charge in [-0.15, -0.1) is 0 Å². The third-order valence-electron chi connectivity index (χ3n) is 4.80. The molecule has 0 amide bonds. The van der Waals surface area contributed by atoms with Crippen LogP contribution in [0.5, 0.6) is 5.75 Å². The Morgan fingerprint density at radius 3 is 1.74 bits per heavy atom. The Bertz CT molecular complexity index is 849. The minimum absolute atomic E-state index is 0.0671. The average Bonchev–Trinajstić information content (AvgIpc) is 2.70. The molecule has 0 saturated carbocycles. The molecule has 0 fully saturated rings. The van der Waals surface area contributed by atoms with Gasteiger partial charge in [0.1, 0.15) is 11.4 Å². The van der Waals surface area contributed by atoms with E-state index in [0.717, 1.165) is 11.1 Å². The lowest BCUT2D eigenvalue weighted by Gasteiger charge is -2.37. The molecule has 0 saturated heterocycles. The first-order valence-corrected chi connectivity index (χ1v) is 9.18. The zero-order valence-electron chi connectivity index (χ0n) is 15.7. The van der Waals surface area contributed by atoms with E-state index in [1.807, 2.05) is 80.6 Å². The number of phenols is 1. The molecule has 3 rings (SSSR count). The van der Waals surface area contributed by atoms with Crippen LogP contribution in [0.4, 0.5) is 0 Å². The van der Waals surface area contributed by atoms with Crippen molar-refractivity contribution in [2.24, 2.45) is 10.9 Å². The van der Waals surface area contributed by atoms with Crippen LogP contribution >= 0.6 is 0 Å². The molecule has 3 heteroatoms. The zero-order valence-corrected chi connectivity index (χ0v) is 15.7. The lowest BCUT2D eigenvalue weighted by molar-refractivity contribution is 0.0366. The van der Waals surface area contributed by atoms with Gasteiger partial charge in [-0.25, -0.2) is 0 Å². The van der Waals surface area contributed by atoms with Crippen LogP contribution in [0.25, 0.3) is 0 Å². The number of benzene rings is 3. The van der Waals surface area contributed by atoms with Gasteiger partial charge in [0.25, 0.3) is 0 Å². The third-order valence-corrected chi connectivity index (χ3v) is 4.80. The lowest BCUT2D eigenvalue weighted by atomic mass is 9.76. The minimum Gasteiger partial charge on any atom is -0.507 e. The van der Waals surface area contributed by atoms with E-state index in [9.17, 15) is 10.2 Å². The Hall–Kier alpha value is -2.91. The number of aromatic hydroxyl groups is 1. The maximum atomic E-state index is 12.0. The van der Waals surface area contributed by atoms with Gasteiger partial charge in [0.2, 0.25) is 0 Å². The van der Waals surface area contributed by atoms with Crippen molar-refractivity contribution >= 4 is 6.21 Å². The Labute approximate surface area is 160 Å². The van der Waals surface area contributed by atoms with Gasteiger partial charge in [0.05, 0.1) is 6.04 Å². The summed E-state index contributed by atoms with van der Waals surface area (Å²) < 4.78 is 0. The first kappa shape index (κ1) is 18.9. The van der Waals surface area contributed by atoms with E-state index in [0.29, 0.717) is 5.56 Å². The van der Waals surface area contributed by atoms with E-state index in [1.54, 1.807) is 24.4 Å². The second kappa shape index (κ2) is 8.19. The van der Waals surface area contributed by atoms with Gasteiger partial charge in [-0.2, -0.15) is 0 Å². The first-order chi connectivity index (χ1) is 13.0. The molecule has 27 heavy (non-hydrogen) atoms. The summed E-state index contributed by atoms with van der Waals surface area (Å²) in [4.78, 5) is 4.74. The molecule has 138 valence electrons. The summed E-state index contributed by atoms with van der Waals surface area (Å²) in [6.07, 6.45) is 1.65. The van der Waals surface area contributed by atoms with Crippen molar-refractivity contribution in [3.8, 4) is 5.75 Å². The summed E-state index contributed by atoms with van der Waals surface area (Å²) in [7, 11) is 0. The molecule has 0 aliphatic rings. The molecule has 3 nitrogen and oxygen atoms in total. The quantitative estimate of drug-likeness (QED) is 0.623. The number of aliphatic imine (C=N–C) groups is 1. The van der Waals surface area contributed by atoms with Crippen LogP contribution in [0.15, 0.2) is 89.9 Å². The van der Waals surface area contributed by atoms with Crippen LogP contribution in [0.1, 0.15) is 30.5 Å². The summed E-state index contributed by atoms with van der Waals surface area (Å²) in [5.41, 5.74) is 0.942. The highest BCUT2D eigenvalue weighted by Gasteiger charge is 2.41. The van der Waals surface area contributed by atoms with Crippen LogP contribution in [0.2, 0.25) is 0 Å². The Morgan fingerprint density at radius 1 is 0.778 bits per heavy atom. The molecular formula is C24H25NO2. The number of para-hydroxylation sites is 1. The van der Waals surface area contributed by atoms with E-state index in [4.69, 9.17) is 4.99 Å². The van der Waals surface area contributed by atoms with Gasteiger partial charge in [-0.1, -0.05) is 86.6 Å². The predicted molar refractivity (Wildman–Crippen MR) is 110 cm³/mol. The topological polar surface area (TPSA) is 52.8 Å². The number of hydrogen-bond acceptors (Lipinski definition) is 3. The van der Waals surface area contributed by atoms with Crippen LogP contribution in [-0.4, -0.2) is 22.5 Å². The third kappa shape index (κ3) is 3.93. The van der Waals surface area contributed by atoms with Crippen molar-refractivity contribution in [3.05, 3.63) is 102 Å². The number of hydrogen-bond donors (Lipinski definition) is 2.